The van der Waals surface area contributed by atoms with Gasteiger partial charge in [0.25, 0.3) is 0 Å². The van der Waals surface area contributed by atoms with E-state index in [9.17, 15) is 10.1 Å². The zero-order chi connectivity index (χ0) is 21.6. The summed E-state index contributed by atoms with van der Waals surface area (Å²) in [5, 5.41) is 18.5. The predicted octanol–water partition coefficient (Wildman–Crippen LogP) is 4.48. The first kappa shape index (κ1) is 20.4. The molecule has 0 aliphatic carbocycles. The summed E-state index contributed by atoms with van der Waals surface area (Å²) in [6, 6.07) is 22.8. The maximum atomic E-state index is 12.9. The molecular weight excluding hydrogens is 410 g/mol. The first-order chi connectivity index (χ1) is 15.2. The standard InChI is InChI=1S/C23H19N5O2S/c1-17-20(12-15-30-17)22-25-26-23(28(22)19-10-6-3-7-11-19)31-16-21(29)27(14-13-24)18-8-4-2-5-9-18/h2-12,15H,14,16H2,1H3. The van der Waals surface area contributed by atoms with Crippen molar-refractivity contribution in [1.82, 2.24) is 14.8 Å². The highest BCUT2D eigenvalue weighted by molar-refractivity contribution is 7.99. The second-order valence-corrected chi connectivity index (χ2v) is 7.57. The summed E-state index contributed by atoms with van der Waals surface area (Å²) in [7, 11) is 0. The van der Waals surface area contributed by atoms with Crippen molar-refractivity contribution >= 4 is 23.4 Å². The fraction of sp³-hybridized carbons (Fsp3) is 0.130. The number of rotatable bonds is 7. The van der Waals surface area contributed by atoms with Crippen LogP contribution in [-0.2, 0) is 4.79 Å². The van der Waals surface area contributed by atoms with E-state index in [1.807, 2.05) is 78.2 Å². The lowest BCUT2D eigenvalue weighted by molar-refractivity contribution is -0.116. The van der Waals surface area contributed by atoms with E-state index in [-0.39, 0.29) is 18.2 Å². The van der Waals surface area contributed by atoms with Gasteiger partial charge in [-0.25, -0.2) is 0 Å². The molecule has 154 valence electrons. The number of para-hydroxylation sites is 2. The third kappa shape index (κ3) is 4.37. The molecule has 2 aromatic heterocycles. The van der Waals surface area contributed by atoms with Gasteiger partial charge in [0.15, 0.2) is 11.0 Å². The second-order valence-electron chi connectivity index (χ2n) is 6.63. The lowest BCUT2D eigenvalue weighted by atomic mass is 10.2. The minimum atomic E-state index is -0.179. The maximum absolute atomic E-state index is 12.9. The number of hydrogen-bond donors (Lipinski definition) is 0. The van der Waals surface area contributed by atoms with Crippen LogP contribution >= 0.6 is 11.8 Å². The minimum absolute atomic E-state index is 0.0196. The van der Waals surface area contributed by atoms with Crippen LogP contribution in [0, 0.1) is 18.3 Å². The van der Waals surface area contributed by atoms with E-state index in [2.05, 4.69) is 16.3 Å². The van der Waals surface area contributed by atoms with Crippen LogP contribution in [-0.4, -0.2) is 33.0 Å². The molecule has 4 aromatic rings. The smallest absolute Gasteiger partial charge is 0.238 e. The monoisotopic (exact) mass is 429 g/mol. The molecule has 0 unspecified atom stereocenters. The maximum Gasteiger partial charge on any atom is 0.238 e. The van der Waals surface area contributed by atoms with E-state index in [0.717, 1.165) is 17.0 Å². The van der Waals surface area contributed by atoms with Crippen LogP contribution in [0.4, 0.5) is 5.69 Å². The van der Waals surface area contributed by atoms with Crippen LogP contribution in [0.3, 0.4) is 0 Å². The summed E-state index contributed by atoms with van der Waals surface area (Å²) in [4.78, 5) is 14.4. The number of carbonyl (C=O) groups is 1. The molecule has 4 rings (SSSR count). The molecule has 0 fully saturated rings. The highest BCUT2D eigenvalue weighted by Gasteiger charge is 2.21. The van der Waals surface area contributed by atoms with Gasteiger partial charge in [0.1, 0.15) is 12.3 Å². The summed E-state index contributed by atoms with van der Waals surface area (Å²) in [6.45, 7) is 1.85. The molecule has 0 aliphatic rings. The number of thioether (sulfide) groups is 1. The van der Waals surface area contributed by atoms with Gasteiger partial charge in [0, 0.05) is 11.4 Å². The number of furan rings is 1. The van der Waals surface area contributed by atoms with Crippen molar-refractivity contribution in [3.8, 4) is 23.1 Å². The highest BCUT2D eigenvalue weighted by atomic mass is 32.2. The normalized spacial score (nSPS) is 10.6. The molecule has 0 saturated heterocycles. The van der Waals surface area contributed by atoms with Gasteiger partial charge < -0.3 is 4.42 Å². The van der Waals surface area contributed by atoms with Gasteiger partial charge in [-0.1, -0.05) is 48.2 Å². The number of amides is 1. The molecule has 31 heavy (non-hydrogen) atoms. The van der Waals surface area contributed by atoms with Gasteiger partial charge in [-0.3, -0.25) is 14.3 Å². The van der Waals surface area contributed by atoms with Crippen LogP contribution in [0.15, 0.2) is 82.6 Å². The topological polar surface area (TPSA) is 88.0 Å². The average Bonchev–Trinajstić information content (AvgIpc) is 3.42. The number of nitriles is 1. The molecule has 0 atom stereocenters. The Labute approximate surface area is 183 Å². The van der Waals surface area contributed by atoms with Crippen molar-refractivity contribution in [2.75, 3.05) is 17.2 Å². The van der Waals surface area contributed by atoms with Crippen molar-refractivity contribution in [3.63, 3.8) is 0 Å². The molecule has 0 spiro atoms. The molecule has 8 heteroatoms. The number of aryl methyl sites for hydroxylation is 1. The van der Waals surface area contributed by atoms with Gasteiger partial charge in [0.2, 0.25) is 5.91 Å². The van der Waals surface area contributed by atoms with Crippen LogP contribution < -0.4 is 4.90 Å². The lowest BCUT2D eigenvalue weighted by Crippen LogP contribution is -2.32. The number of nitrogens with zero attached hydrogens (tertiary/aromatic N) is 5. The van der Waals surface area contributed by atoms with Crippen LogP contribution in [0.5, 0.6) is 0 Å². The largest absolute Gasteiger partial charge is 0.469 e. The molecule has 2 heterocycles. The molecule has 7 nitrogen and oxygen atoms in total. The number of anilines is 1. The Morgan fingerprint density at radius 1 is 1.10 bits per heavy atom. The zero-order valence-electron chi connectivity index (χ0n) is 16.8. The van der Waals surface area contributed by atoms with E-state index in [1.165, 1.54) is 16.7 Å². The van der Waals surface area contributed by atoms with E-state index in [1.54, 1.807) is 6.26 Å². The Morgan fingerprint density at radius 3 is 2.45 bits per heavy atom. The Bertz CT molecular complexity index is 1210. The summed E-state index contributed by atoms with van der Waals surface area (Å²) < 4.78 is 7.35. The first-order valence-electron chi connectivity index (χ1n) is 9.59. The fourth-order valence-electron chi connectivity index (χ4n) is 3.17. The Hall–Kier alpha value is -3.83. The quantitative estimate of drug-likeness (QED) is 0.318. The van der Waals surface area contributed by atoms with Crippen molar-refractivity contribution < 1.29 is 9.21 Å². The number of hydrogen-bond acceptors (Lipinski definition) is 6. The first-order valence-corrected chi connectivity index (χ1v) is 10.6. The molecule has 0 aliphatic heterocycles. The third-order valence-electron chi connectivity index (χ3n) is 4.67. The minimum Gasteiger partial charge on any atom is -0.469 e. The number of benzene rings is 2. The van der Waals surface area contributed by atoms with E-state index in [0.29, 0.717) is 16.7 Å². The molecular formula is C23H19N5O2S. The van der Waals surface area contributed by atoms with Crippen LogP contribution in [0.1, 0.15) is 5.76 Å². The average molecular weight is 430 g/mol. The van der Waals surface area contributed by atoms with Gasteiger partial charge in [-0.15, -0.1) is 10.2 Å². The van der Waals surface area contributed by atoms with E-state index in [4.69, 9.17) is 4.42 Å². The van der Waals surface area contributed by atoms with Crippen LogP contribution in [0.2, 0.25) is 0 Å². The summed E-state index contributed by atoms with van der Waals surface area (Å²) in [5.74, 6) is 1.32. The summed E-state index contributed by atoms with van der Waals surface area (Å²) in [6.07, 6.45) is 1.62. The Morgan fingerprint density at radius 2 is 1.81 bits per heavy atom. The summed E-state index contributed by atoms with van der Waals surface area (Å²) in [5.41, 5.74) is 2.41. The SMILES string of the molecule is Cc1occc1-c1nnc(SCC(=O)N(CC#N)c2ccccc2)n1-c1ccccc1. The summed E-state index contributed by atoms with van der Waals surface area (Å²) >= 11 is 1.28. The van der Waals surface area contributed by atoms with Crippen molar-refractivity contribution in [2.24, 2.45) is 0 Å². The van der Waals surface area contributed by atoms with Crippen molar-refractivity contribution in [3.05, 3.63) is 78.8 Å². The lowest BCUT2D eigenvalue weighted by Gasteiger charge is -2.19. The molecule has 0 bridgehead atoms. The van der Waals surface area contributed by atoms with Gasteiger partial charge in [-0.05, 0) is 37.3 Å². The molecule has 0 saturated carbocycles. The van der Waals surface area contributed by atoms with Crippen molar-refractivity contribution in [2.45, 2.75) is 12.1 Å². The Balaban J connectivity index is 1.63. The third-order valence-corrected chi connectivity index (χ3v) is 5.58. The molecule has 1 amide bonds. The molecule has 2 aromatic carbocycles. The fourth-order valence-corrected chi connectivity index (χ4v) is 4.00. The number of carbonyl (C=O) groups excluding carboxylic acids is 1. The predicted molar refractivity (Wildman–Crippen MR) is 119 cm³/mol. The Kier molecular flexibility index (Phi) is 6.15. The van der Waals surface area contributed by atoms with Gasteiger partial charge >= 0.3 is 0 Å². The van der Waals surface area contributed by atoms with Gasteiger partial charge in [0.05, 0.1) is 23.6 Å². The molecule has 0 N–H and O–H groups in total. The van der Waals surface area contributed by atoms with E-state index >= 15 is 0 Å². The van der Waals surface area contributed by atoms with Crippen LogP contribution in [0.25, 0.3) is 17.1 Å². The number of aromatic nitrogens is 3. The van der Waals surface area contributed by atoms with Gasteiger partial charge in [-0.2, -0.15) is 5.26 Å². The van der Waals surface area contributed by atoms with Crippen molar-refractivity contribution in [1.29, 1.82) is 5.26 Å². The highest BCUT2D eigenvalue weighted by Crippen LogP contribution is 2.30. The second kappa shape index (κ2) is 9.32. The molecule has 0 radical (unpaired) electrons. The van der Waals surface area contributed by atoms with E-state index < -0.39 is 0 Å². The zero-order valence-corrected chi connectivity index (χ0v) is 17.6.